The van der Waals surface area contributed by atoms with Crippen molar-refractivity contribution in [3.05, 3.63) is 53.1 Å². The Labute approximate surface area is 154 Å². The van der Waals surface area contributed by atoms with E-state index in [0.717, 1.165) is 16.9 Å². The van der Waals surface area contributed by atoms with Gasteiger partial charge in [-0.3, -0.25) is 4.79 Å². The van der Waals surface area contributed by atoms with E-state index in [9.17, 15) is 4.79 Å². The highest BCUT2D eigenvalue weighted by atomic mass is 16.5. The molecular formula is C21H25NO4. The van der Waals surface area contributed by atoms with Gasteiger partial charge in [0.25, 0.3) is 5.91 Å². The molecule has 0 saturated heterocycles. The summed E-state index contributed by atoms with van der Waals surface area (Å²) < 4.78 is 16.6. The van der Waals surface area contributed by atoms with Gasteiger partial charge in [0.05, 0.1) is 20.3 Å². The van der Waals surface area contributed by atoms with Crippen LogP contribution < -0.4 is 19.5 Å². The number of nitrogens with one attached hydrogen (secondary N) is 1. The van der Waals surface area contributed by atoms with Crippen LogP contribution >= 0.6 is 0 Å². The van der Waals surface area contributed by atoms with Crippen molar-refractivity contribution in [2.75, 3.05) is 14.2 Å². The van der Waals surface area contributed by atoms with Crippen molar-refractivity contribution in [2.45, 2.75) is 38.8 Å². The molecule has 0 aliphatic carbocycles. The minimum atomic E-state index is -0.356. The Hall–Kier alpha value is -2.69. The van der Waals surface area contributed by atoms with Gasteiger partial charge < -0.3 is 19.5 Å². The Bertz CT molecular complexity index is 807. The SMILES string of the molecule is COc1cc(OC)cc(C(=O)N[C@H]2CC(C)(C)Oc3cc(C)ccc32)c1. The summed E-state index contributed by atoms with van der Waals surface area (Å²) in [6, 6.07) is 11.1. The molecule has 1 N–H and O–H groups in total. The van der Waals surface area contributed by atoms with Crippen molar-refractivity contribution in [1.29, 1.82) is 0 Å². The van der Waals surface area contributed by atoms with Gasteiger partial charge >= 0.3 is 0 Å². The number of hydrogen-bond donors (Lipinski definition) is 1. The topological polar surface area (TPSA) is 56.8 Å². The first kappa shape index (κ1) is 18.1. The molecule has 1 aliphatic rings. The Morgan fingerprint density at radius 2 is 1.77 bits per heavy atom. The molecule has 0 spiro atoms. The molecule has 0 aromatic heterocycles. The molecule has 5 heteroatoms. The van der Waals surface area contributed by atoms with Crippen molar-refractivity contribution < 1.29 is 19.0 Å². The lowest BCUT2D eigenvalue weighted by Gasteiger charge is -2.38. The minimum absolute atomic E-state index is 0.126. The third-order valence-electron chi connectivity index (χ3n) is 4.55. The quantitative estimate of drug-likeness (QED) is 0.899. The molecule has 2 aromatic carbocycles. The molecule has 0 fully saturated rings. The number of rotatable bonds is 4. The van der Waals surface area contributed by atoms with Gasteiger partial charge in [-0.25, -0.2) is 0 Å². The summed E-state index contributed by atoms with van der Waals surface area (Å²) in [7, 11) is 3.13. The van der Waals surface area contributed by atoms with Gasteiger partial charge in [0, 0.05) is 23.6 Å². The number of aryl methyl sites for hydroxylation is 1. The maximum Gasteiger partial charge on any atom is 0.252 e. The van der Waals surface area contributed by atoms with Crippen LogP contribution in [0.4, 0.5) is 0 Å². The minimum Gasteiger partial charge on any atom is -0.497 e. The van der Waals surface area contributed by atoms with Gasteiger partial charge in [0.1, 0.15) is 22.8 Å². The van der Waals surface area contributed by atoms with Crippen LogP contribution in [0, 0.1) is 6.92 Å². The first-order chi connectivity index (χ1) is 12.3. The zero-order chi connectivity index (χ0) is 18.9. The maximum absolute atomic E-state index is 12.9. The summed E-state index contributed by atoms with van der Waals surface area (Å²) in [6.07, 6.45) is 0.690. The third-order valence-corrected chi connectivity index (χ3v) is 4.55. The van der Waals surface area contributed by atoms with Crippen molar-refractivity contribution in [1.82, 2.24) is 5.32 Å². The molecule has 1 atom stereocenters. The first-order valence-corrected chi connectivity index (χ1v) is 8.65. The van der Waals surface area contributed by atoms with E-state index in [1.165, 1.54) is 0 Å². The van der Waals surface area contributed by atoms with Crippen LogP contribution in [-0.2, 0) is 0 Å². The second-order valence-electron chi connectivity index (χ2n) is 7.23. The molecular weight excluding hydrogens is 330 g/mol. The summed E-state index contributed by atoms with van der Waals surface area (Å²) in [5.74, 6) is 1.82. The summed E-state index contributed by atoms with van der Waals surface area (Å²) >= 11 is 0. The number of carbonyl (C=O) groups is 1. The molecule has 138 valence electrons. The van der Waals surface area contributed by atoms with Crippen LogP contribution in [0.25, 0.3) is 0 Å². The van der Waals surface area contributed by atoms with E-state index in [-0.39, 0.29) is 17.6 Å². The average molecular weight is 355 g/mol. The average Bonchev–Trinajstić information content (AvgIpc) is 2.59. The summed E-state index contributed by atoms with van der Waals surface area (Å²) in [4.78, 5) is 12.9. The number of hydrogen-bond acceptors (Lipinski definition) is 4. The van der Waals surface area contributed by atoms with E-state index in [4.69, 9.17) is 14.2 Å². The zero-order valence-electron chi connectivity index (χ0n) is 15.9. The lowest BCUT2D eigenvalue weighted by molar-refractivity contribution is 0.0619. The monoisotopic (exact) mass is 355 g/mol. The van der Waals surface area contributed by atoms with Crippen molar-refractivity contribution in [3.63, 3.8) is 0 Å². The Kier molecular flexibility index (Phi) is 4.81. The number of ether oxygens (including phenoxy) is 3. The molecule has 1 aliphatic heterocycles. The van der Waals surface area contributed by atoms with Gasteiger partial charge in [0.2, 0.25) is 0 Å². The molecule has 1 heterocycles. The highest BCUT2D eigenvalue weighted by Gasteiger charge is 2.34. The van der Waals surface area contributed by atoms with Gasteiger partial charge in [-0.2, -0.15) is 0 Å². The fourth-order valence-electron chi connectivity index (χ4n) is 3.27. The zero-order valence-corrected chi connectivity index (χ0v) is 15.9. The predicted molar refractivity (Wildman–Crippen MR) is 100 cm³/mol. The van der Waals surface area contributed by atoms with Crippen LogP contribution in [0.15, 0.2) is 36.4 Å². The summed E-state index contributed by atoms with van der Waals surface area (Å²) in [6.45, 7) is 6.10. The van der Waals surface area contributed by atoms with E-state index in [1.54, 1.807) is 32.4 Å². The van der Waals surface area contributed by atoms with E-state index in [2.05, 4.69) is 5.32 Å². The molecule has 5 nitrogen and oxygen atoms in total. The highest BCUT2D eigenvalue weighted by Crippen LogP contribution is 2.40. The number of carbonyl (C=O) groups excluding carboxylic acids is 1. The molecule has 0 saturated carbocycles. The van der Waals surface area contributed by atoms with Crippen LogP contribution in [0.3, 0.4) is 0 Å². The number of fused-ring (bicyclic) bond motifs is 1. The van der Waals surface area contributed by atoms with Gasteiger partial charge in [-0.1, -0.05) is 12.1 Å². The predicted octanol–water partition coefficient (Wildman–Crippen LogP) is 4.04. The van der Waals surface area contributed by atoms with Crippen molar-refractivity contribution in [3.8, 4) is 17.2 Å². The Morgan fingerprint density at radius 1 is 1.12 bits per heavy atom. The molecule has 1 amide bonds. The Morgan fingerprint density at radius 3 is 2.38 bits per heavy atom. The molecule has 0 unspecified atom stereocenters. The molecule has 2 aromatic rings. The second-order valence-corrected chi connectivity index (χ2v) is 7.23. The van der Waals surface area contributed by atoms with E-state index in [1.807, 2.05) is 39.0 Å². The number of methoxy groups -OCH3 is 2. The van der Waals surface area contributed by atoms with Crippen molar-refractivity contribution >= 4 is 5.91 Å². The van der Waals surface area contributed by atoms with E-state index < -0.39 is 0 Å². The fourth-order valence-corrected chi connectivity index (χ4v) is 3.27. The van der Waals surface area contributed by atoms with Crippen molar-refractivity contribution in [2.24, 2.45) is 0 Å². The number of benzene rings is 2. The largest absolute Gasteiger partial charge is 0.497 e. The maximum atomic E-state index is 12.9. The van der Waals surface area contributed by atoms with Crippen LogP contribution in [0.2, 0.25) is 0 Å². The summed E-state index contributed by atoms with van der Waals surface area (Å²) in [5, 5.41) is 3.14. The molecule has 0 radical (unpaired) electrons. The smallest absolute Gasteiger partial charge is 0.252 e. The Balaban J connectivity index is 1.90. The summed E-state index contributed by atoms with van der Waals surface area (Å²) in [5.41, 5.74) is 2.27. The lowest BCUT2D eigenvalue weighted by Crippen LogP contribution is -2.41. The third kappa shape index (κ3) is 3.77. The van der Waals surface area contributed by atoms with E-state index >= 15 is 0 Å². The van der Waals surface area contributed by atoms with E-state index in [0.29, 0.717) is 23.5 Å². The molecule has 0 bridgehead atoms. The van der Waals surface area contributed by atoms with Crippen LogP contribution in [0.1, 0.15) is 47.8 Å². The lowest BCUT2D eigenvalue weighted by atomic mass is 9.89. The number of amides is 1. The molecule has 26 heavy (non-hydrogen) atoms. The molecule has 3 rings (SSSR count). The van der Waals surface area contributed by atoms with Gasteiger partial charge in [-0.05, 0) is 44.5 Å². The standard InChI is InChI=1S/C21H25NO4/c1-13-6-7-17-18(12-21(2,3)26-19(17)8-13)22-20(23)14-9-15(24-4)11-16(10-14)25-5/h6-11,18H,12H2,1-5H3,(H,22,23)/t18-/m0/s1. The fraction of sp³-hybridized carbons (Fsp3) is 0.381. The van der Waals surface area contributed by atoms with Crippen LogP contribution in [0.5, 0.6) is 17.2 Å². The van der Waals surface area contributed by atoms with Crippen LogP contribution in [-0.4, -0.2) is 25.7 Å². The van der Waals surface area contributed by atoms with Gasteiger partial charge in [-0.15, -0.1) is 0 Å². The normalized spacial score (nSPS) is 17.7. The highest BCUT2D eigenvalue weighted by molar-refractivity contribution is 5.95. The first-order valence-electron chi connectivity index (χ1n) is 8.65. The second kappa shape index (κ2) is 6.90. The van der Waals surface area contributed by atoms with Gasteiger partial charge in [0.15, 0.2) is 0 Å².